The van der Waals surface area contributed by atoms with Gasteiger partial charge in [0.25, 0.3) is 5.91 Å². The average molecular weight is 352 g/mol. The molecule has 1 atom stereocenters. The molecule has 0 fully saturated rings. The minimum absolute atomic E-state index is 0.144. The van der Waals surface area contributed by atoms with Gasteiger partial charge in [0.05, 0.1) is 0 Å². The second-order valence-corrected chi connectivity index (χ2v) is 5.59. The number of hydrogen-bond acceptors (Lipinski definition) is 6. The molecule has 7 heteroatoms. The molecular formula is C19H16N2O5. The topological polar surface area (TPSA) is 78.4 Å². The van der Waals surface area contributed by atoms with Crippen LogP contribution in [-0.4, -0.2) is 31.6 Å². The third-order valence-electron chi connectivity index (χ3n) is 3.82. The van der Waals surface area contributed by atoms with Gasteiger partial charge < -0.3 is 18.9 Å². The largest absolute Gasteiger partial charge is 0.485 e. The first-order valence-electron chi connectivity index (χ1n) is 8.07. The summed E-state index contributed by atoms with van der Waals surface area (Å²) in [5.74, 6) is 2.26. The van der Waals surface area contributed by atoms with E-state index in [1.54, 1.807) is 18.2 Å². The molecule has 2 aliphatic rings. The number of rotatable bonds is 4. The predicted octanol–water partition coefficient (Wildman–Crippen LogP) is 2.37. The van der Waals surface area contributed by atoms with Crippen molar-refractivity contribution in [3.05, 3.63) is 54.1 Å². The summed E-state index contributed by atoms with van der Waals surface area (Å²) in [6.45, 7) is 0.388. The van der Waals surface area contributed by atoms with Gasteiger partial charge in [0, 0.05) is 6.21 Å². The third-order valence-corrected chi connectivity index (χ3v) is 3.82. The van der Waals surface area contributed by atoms with E-state index in [4.69, 9.17) is 18.9 Å². The fraction of sp³-hybridized carbons (Fsp3) is 0.158. The van der Waals surface area contributed by atoms with Crippen LogP contribution in [-0.2, 0) is 4.79 Å². The molecule has 0 bridgehead atoms. The zero-order chi connectivity index (χ0) is 17.8. The van der Waals surface area contributed by atoms with Crippen molar-refractivity contribution in [2.24, 2.45) is 5.10 Å². The van der Waals surface area contributed by atoms with Crippen LogP contribution in [0.4, 0.5) is 0 Å². The molecule has 132 valence electrons. The van der Waals surface area contributed by atoms with Gasteiger partial charge in [0.15, 0.2) is 23.0 Å². The van der Waals surface area contributed by atoms with Crippen LogP contribution in [0, 0.1) is 0 Å². The van der Waals surface area contributed by atoms with Crippen molar-refractivity contribution in [2.75, 3.05) is 13.4 Å². The van der Waals surface area contributed by atoms with Gasteiger partial charge in [0.1, 0.15) is 6.61 Å². The third kappa shape index (κ3) is 3.46. The highest BCUT2D eigenvalue weighted by atomic mass is 16.7. The van der Waals surface area contributed by atoms with Crippen LogP contribution in [0.3, 0.4) is 0 Å². The highest BCUT2D eigenvalue weighted by Crippen LogP contribution is 2.33. The van der Waals surface area contributed by atoms with E-state index in [2.05, 4.69) is 10.5 Å². The summed E-state index contributed by atoms with van der Waals surface area (Å²) in [7, 11) is 0. The number of carbonyl (C=O) groups excluding carboxylic acids is 1. The van der Waals surface area contributed by atoms with Gasteiger partial charge in [-0.25, -0.2) is 5.43 Å². The standard InChI is InChI=1S/C19H16N2O5/c22-19(18-11-23-14-5-1-2-6-16(14)26-18)21-20-9-3-4-13-7-8-15-17(10-13)25-12-24-15/h1-10,18H,11-12H2,(H,21,22)/b4-3+,20-9+/t18-/m0/s1. The molecule has 0 aromatic heterocycles. The average Bonchev–Trinajstić information content (AvgIpc) is 3.15. The Morgan fingerprint density at radius 1 is 1.04 bits per heavy atom. The molecule has 0 spiro atoms. The van der Waals surface area contributed by atoms with Crippen molar-refractivity contribution in [3.8, 4) is 23.0 Å². The SMILES string of the molecule is O=C(N/N=C/C=C/c1ccc2c(c1)OCO2)[C@@H]1COc2ccccc2O1. The smallest absolute Gasteiger partial charge is 0.284 e. The fourth-order valence-electron chi connectivity index (χ4n) is 2.54. The zero-order valence-corrected chi connectivity index (χ0v) is 13.8. The highest BCUT2D eigenvalue weighted by molar-refractivity contribution is 5.84. The van der Waals surface area contributed by atoms with E-state index in [0.717, 1.165) is 11.3 Å². The van der Waals surface area contributed by atoms with Gasteiger partial charge in [0.2, 0.25) is 12.9 Å². The molecular weight excluding hydrogens is 336 g/mol. The van der Waals surface area contributed by atoms with E-state index in [0.29, 0.717) is 17.2 Å². The Hall–Kier alpha value is -3.48. The number of hydrazone groups is 1. The molecule has 2 aromatic rings. The molecule has 26 heavy (non-hydrogen) atoms. The number of fused-ring (bicyclic) bond motifs is 2. The first-order valence-corrected chi connectivity index (χ1v) is 8.07. The maximum absolute atomic E-state index is 12.1. The number of nitrogens with zero attached hydrogens (tertiary/aromatic N) is 1. The second kappa shape index (κ2) is 7.18. The van der Waals surface area contributed by atoms with Gasteiger partial charge >= 0.3 is 0 Å². The van der Waals surface area contributed by atoms with Gasteiger partial charge in [-0.3, -0.25) is 4.79 Å². The van der Waals surface area contributed by atoms with E-state index in [1.165, 1.54) is 6.21 Å². The first kappa shape index (κ1) is 16.0. The van der Waals surface area contributed by atoms with Crippen LogP contribution in [0.25, 0.3) is 6.08 Å². The Labute approximate surface area is 149 Å². The summed E-state index contributed by atoms with van der Waals surface area (Å²) < 4.78 is 21.7. The Morgan fingerprint density at radius 2 is 1.85 bits per heavy atom. The summed E-state index contributed by atoms with van der Waals surface area (Å²) in [5.41, 5.74) is 3.38. The van der Waals surface area contributed by atoms with Crippen LogP contribution in [0.15, 0.2) is 53.6 Å². The Bertz CT molecular complexity index is 878. The minimum atomic E-state index is -0.736. The summed E-state index contributed by atoms with van der Waals surface area (Å²) in [6, 6.07) is 12.8. The van der Waals surface area contributed by atoms with E-state index in [1.807, 2.05) is 36.4 Å². The predicted molar refractivity (Wildman–Crippen MR) is 94.6 cm³/mol. The molecule has 7 nitrogen and oxygen atoms in total. The molecule has 0 unspecified atom stereocenters. The summed E-state index contributed by atoms with van der Waals surface area (Å²) in [5, 5.41) is 3.89. The van der Waals surface area contributed by atoms with Crippen LogP contribution in [0.1, 0.15) is 5.56 Å². The summed E-state index contributed by atoms with van der Waals surface area (Å²) >= 11 is 0. The number of benzene rings is 2. The number of hydrogen-bond donors (Lipinski definition) is 1. The Morgan fingerprint density at radius 3 is 2.77 bits per heavy atom. The lowest BCUT2D eigenvalue weighted by molar-refractivity contribution is -0.130. The van der Waals surface area contributed by atoms with Gasteiger partial charge in [-0.15, -0.1) is 0 Å². The maximum atomic E-state index is 12.1. The molecule has 2 aromatic carbocycles. The monoisotopic (exact) mass is 352 g/mol. The van der Waals surface area contributed by atoms with Crippen LogP contribution in [0.5, 0.6) is 23.0 Å². The number of para-hydroxylation sites is 2. The summed E-state index contributed by atoms with van der Waals surface area (Å²) in [6.07, 6.45) is 4.30. The fourth-order valence-corrected chi connectivity index (χ4v) is 2.54. The first-order chi connectivity index (χ1) is 12.8. The van der Waals surface area contributed by atoms with Crippen LogP contribution < -0.4 is 24.4 Å². The van der Waals surface area contributed by atoms with Crippen LogP contribution >= 0.6 is 0 Å². The number of ether oxygens (including phenoxy) is 4. The van der Waals surface area contributed by atoms with Crippen LogP contribution in [0.2, 0.25) is 0 Å². The zero-order valence-electron chi connectivity index (χ0n) is 13.8. The number of allylic oxidation sites excluding steroid dienone is 1. The Kier molecular flexibility index (Phi) is 4.42. The van der Waals surface area contributed by atoms with E-state index in [9.17, 15) is 4.79 Å². The minimum Gasteiger partial charge on any atom is -0.485 e. The normalized spacial score (nSPS) is 17.6. The molecule has 2 heterocycles. The van der Waals surface area contributed by atoms with Crippen molar-refractivity contribution >= 4 is 18.2 Å². The quantitative estimate of drug-likeness (QED) is 0.675. The van der Waals surface area contributed by atoms with Crippen molar-refractivity contribution in [1.29, 1.82) is 0 Å². The lowest BCUT2D eigenvalue weighted by Gasteiger charge is -2.24. The van der Waals surface area contributed by atoms with E-state index < -0.39 is 6.10 Å². The van der Waals surface area contributed by atoms with E-state index in [-0.39, 0.29) is 19.3 Å². The molecule has 2 aliphatic heterocycles. The molecule has 1 amide bonds. The molecule has 1 N–H and O–H groups in total. The molecule has 0 saturated carbocycles. The molecule has 0 saturated heterocycles. The number of nitrogens with one attached hydrogen (secondary N) is 1. The Balaban J connectivity index is 1.29. The lowest BCUT2D eigenvalue weighted by atomic mass is 10.2. The number of carbonyl (C=O) groups is 1. The maximum Gasteiger partial charge on any atom is 0.284 e. The lowest BCUT2D eigenvalue weighted by Crippen LogP contribution is -2.42. The van der Waals surface area contributed by atoms with Crippen molar-refractivity contribution in [1.82, 2.24) is 5.43 Å². The van der Waals surface area contributed by atoms with Gasteiger partial charge in [-0.1, -0.05) is 24.3 Å². The molecule has 0 aliphatic carbocycles. The molecule has 4 rings (SSSR count). The highest BCUT2D eigenvalue weighted by Gasteiger charge is 2.26. The molecule has 0 radical (unpaired) electrons. The van der Waals surface area contributed by atoms with Gasteiger partial charge in [-0.05, 0) is 35.9 Å². The second-order valence-electron chi connectivity index (χ2n) is 5.59. The van der Waals surface area contributed by atoms with Crippen molar-refractivity contribution in [3.63, 3.8) is 0 Å². The van der Waals surface area contributed by atoms with Crippen molar-refractivity contribution < 1.29 is 23.7 Å². The van der Waals surface area contributed by atoms with Gasteiger partial charge in [-0.2, -0.15) is 5.10 Å². The summed E-state index contributed by atoms with van der Waals surface area (Å²) in [4.78, 5) is 12.1. The van der Waals surface area contributed by atoms with E-state index >= 15 is 0 Å². The number of amides is 1. The van der Waals surface area contributed by atoms with Crippen molar-refractivity contribution in [2.45, 2.75) is 6.10 Å².